The number of benzene rings is 1. The van der Waals surface area contributed by atoms with Crippen LogP contribution in [0, 0.1) is 0 Å². The molecule has 1 N–H and O–H groups in total. The van der Waals surface area contributed by atoms with E-state index in [2.05, 4.69) is 42.8 Å². The average Bonchev–Trinajstić information content (AvgIpc) is 2.51. The zero-order valence-electron chi connectivity index (χ0n) is 13.4. The lowest BCUT2D eigenvalue weighted by Crippen LogP contribution is -2.22. The number of aromatic nitrogens is 2. The van der Waals surface area contributed by atoms with Crippen LogP contribution in [0.3, 0.4) is 0 Å². The lowest BCUT2D eigenvalue weighted by Gasteiger charge is -2.19. The van der Waals surface area contributed by atoms with Crippen LogP contribution in [0.5, 0.6) is 0 Å². The zero-order chi connectivity index (χ0) is 17.0. The minimum Gasteiger partial charge on any atom is -0.344 e. The molecular weight excluding hydrogens is 312 g/mol. The summed E-state index contributed by atoms with van der Waals surface area (Å²) in [6, 6.07) is 7.69. The molecule has 0 aliphatic rings. The summed E-state index contributed by atoms with van der Waals surface area (Å²) in [5, 5.41) is 6.99. The molecule has 0 bridgehead atoms. The second kappa shape index (κ2) is 6.79. The third-order valence-electron chi connectivity index (χ3n) is 3.30. The predicted octanol–water partition coefficient (Wildman–Crippen LogP) is 3.77. The third kappa shape index (κ3) is 3.87. The van der Waals surface area contributed by atoms with E-state index in [-0.39, 0.29) is 10.4 Å². The summed E-state index contributed by atoms with van der Waals surface area (Å²) in [6.07, 6.45) is 4.24. The monoisotopic (exact) mass is 330 g/mol. The van der Waals surface area contributed by atoms with Gasteiger partial charge in [0, 0.05) is 6.20 Å². The molecular formula is C17H19ClN4O. The third-order valence-corrected chi connectivity index (χ3v) is 3.66. The first-order valence-corrected chi connectivity index (χ1v) is 7.50. The highest BCUT2D eigenvalue weighted by molar-refractivity contribution is 6.33. The topological polar surface area (TPSA) is 59.3 Å². The number of hydrogen-bond acceptors (Lipinski definition) is 3. The molecule has 1 heterocycles. The van der Waals surface area contributed by atoms with Crippen molar-refractivity contribution in [2.45, 2.75) is 26.2 Å². The SMILES string of the molecule is C=C/N=C\Nc1cnn(-c2ccc(C(C)(C)C)cc2)c(=O)c1Cl. The molecule has 1 aromatic heterocycles. The molecule has 0 saturated carbocycles. The minimum atomic E-state index is -0.396. The maximum absolute atomic E-state index is 12.4. The zero-order valence-corrected chi connectivity index (χ0v) is 14.1. The van der Waals surface area contributed by atoms with Gasteiger partial charge < -0.3 is 5.32 Å². The van der Waals surface area contributed by atoms with Crippen molar-refractivity contribution in [1.29, 1.82) is 0 Å². The van der Waals surface area contributed by atoms with Crippen molar-refractivity contribution >= 4 is 23.6 Å². The van der Waals surface area contributed by atoms with E-state index in [1.165, 1.54) is 29.0 Å². The lowest BCUT2D eigenvalue weighted by atomic mass is 9.87. The van der Waals surface area contributed by atoms with Crippen molar-refractivity contribution in [3.8, 4) is 5.69 Å². The fraction of sp³-hybridized carbons (Fsp3) is 0.235. The molecule has 2 aromatic rings. The first kappa shape index (κ1) is 17.0. The molecule has 6 heteroatoms. The number of hydrogen-bond donors (Lipinski definition) is 1. The Bertz CT molecular complexity index is 786. The Labute approximate surface area is 140 Å². The Morgan fingerprint density at radius 3 is 2.52 bits per heavy atom. The largest absolute Gasteiger partial charge is 0.344 e. The van der Waals surface area contributed by atoms with E-state index in [1.807, 2.05) is 24.3 Å². The fourth-order valence-corrected chi connectivity index (χ4v) is 2.16. The summed E-state index contributed by atoms with van der Waals surface area (Å²) >= 11 is 6.11. The van der Waals surface area contributed by atoms with Crippen LogP contribution in [0.15, 0.2) is 53.0 Å². The summed E-state index contributed by atoms with van der Waals surface area (Å²) in [5.74, 6) is 0. The predicted molar refractivity (Wildman–Crippen MR) is 95.9 cm³/mol. The Morgan fingerprint density at radius 2 is 1.96 bits per heavy atom. The maximum Gasteiger partial charge on any atom is 0.292 e. The van der Waals surface area contributed by atoms with Crippen molar-refractivity contribution in [2.75, 3.05) is 5.32 Å². The van der Waals surface area contributed by atoms with Crippen molar-refractivity contribution < 1.29 is 0 Å². The smallest absolute Gasteiger partial charge is 0.292 e. The minimum absolute atomic E-state index is 0.0484. The number of halogens is 1. The normalized spacial score (nSPS) is 11.7. The van der Waals surface area contributed by atoms with Crippen LogP contribution < -0.4 is 10.9 Å². The standard InChI is InChI=1S/C17H19ClN4O/c1-5-19-11-20-14-10-21-22(16(23)15(14)18)13-8-6-12(7-9-13)17(2,3)4/h5-11H,1H2,2-4H3,(H,19,20). The van der Waals surface area contributed by atoms with E-state index in [4.69, 9.17) is 11.6 Å². The van der Waals surface area contributed by atoms with Gasteiger partial charge in [-0.15, -0.1) is 0 Å². The van der Waals surface area contributed by atoms with Crippen molar-refractivity contribution in [3.05, 3.63) is 64.2 Å². The molecule has 0 aliphatic carbocycles. The average molecular weight is 331 g/mol. The Hall–Kier alpha value is -2.40. The van der Waals surface area contributed by atoms with Gasteiger partial charge in [-0.3, -0.25) is 4.79 Å². The van der Waals surface area contributed by atoms with Gasteiger partial charge in [0.15, 0.2) is 0 Å². The molecule has 2 rings (SSSR count). The molecule has 1 aromatic carbocycles. The fourth-order valence-electron chi connectivity index (χ4n) is 1.98. The highest BCUT2D eigenvalue weighted by Crippen LogP contribution is 2.23. The van der Waals surface area contributed by atoms with Crippen LogP contribution in [0.4, 0.5) is 5.69 Å². The van der Waals surface area contributed by atoms with Gasteiger partial charge in [0.05, 0.1) is 23.9 Å². The van der Waals surface area contributed by atoms with E-state index in [0.717, 1.165) is 0 Å². The van der Waals surface area contributed by atoms with E-state index < -0.39 is 5.56 Å². The first-order valence-electron chi connectivity index (χ1n) is 7.12. The van der Waals surface area contributed by atoms with Gasteiger partial charge in [-0.25, -0.2) is 4.99 Å². The number of nitrogens with one attached hydrogen (secondary N) is 1. The van der Waals surface area contributed by atoms with Gasteiger partial charge in [-0.1, -0.05) is 51.1 Å². The molecule has 0 unspecified atom stereocenters. The molecule has 5 nitrogen and oxygen atoms in total. The van der Waals surface area contributed by atoms with Crippen LogP contribution in [0.2, 0.25) is 5.02 Å². The Balaban J connectivity index is 2.37. The quantitative estimate of drug-likeness (QED) is 0.685. The second-order valence-electron chi connectivity index (χ2n) is 5.99. The van der Waals surface area contributed by atoms with E-state index in [0.29, 0.717) is 11.4 Å². The molecule has 0 spiro atoms. The van der Waals surface area contributed by atoms with Gasteiger partial charge in [-0.2, -0.15) is 9.78 Å². The molecule has 120 valence electrons. The number of anilines is 1. The summed E-state index contributed by atoms with van der Waals surface area (Å²) in [5.41, 5.74) is 1.89. The molecule has 0 amide bonds. The van der Waals surface area contributed by atoms with Crippen molar-refractivity contribution in [3.63, 3.8) is 0 Å². The van der Waals surface area contributed by atoms with Crippen LogP contribution in [0.25, 0.3) is 5.69 Å². The van der Waals surface area contributed by atoms with Gasteiger partial charge in [-0.05, 0) is 23.1 Å². The molecule has 0 saturated heterocycles. The van der Waals surface area contributed by atoms with Gasteiger partial charge in [0.25, 0.3) is 5.56 Å². The first-order chi connectivity index (χ1) is 10.8. The molecule has 0 aliphatic heterocycles. The molecule has 0 fully saturated rings. The van der Waals surface area contributed by atoms with E-state index >= 15 is 0 Å². The molecule has 0 radical (unpaired) electrons. The summed E-state index contributed by atoms with van der Waals surface area (Å²) in [4.78, 5) is 16.2. The number of rotatable bonds is 4. The van der Waals surface area contributed by atoms with E-state index in [9.17, 15) is 4.79 Å². The van der Waals surface area contributed by atoms with E-state index in [1.54, 1.807) is 0 Å². The van der Waals surface area contributed by atoms with Gasteiger partial charge >= 0.3 is 0 Å². The summed E-state index contributed by atoms with van der Waals surface area (Å²) in [6.45, 7) is 9.86. The van der Waals surface area contributed by atoms with Gasteiger partial charge in [0.2, 0.25) is 0 Å². The molecule has 23 heavy (non-hydrogen) atoms. The summed E-state index contributed by atoms with van der Waals surface area (Å²) in [7, 11) is 0. The van der Waals surface area contributed by atoms with Crippen molar-refractivity contribution in [1.82, 2.24) is 9.78 Å². The maximum atomic E-state index is 12.4. The van der Waals surface area contributed by atoms with Crippen LogP contribution in [0.1, 0.15) is 26.3 Å². The second-order valence-corrected chi connectivity index (χ2v) is 6.37. The Kier molecular flexibility index (Phi) is 5.01. The van der Waals surface area contributed by atoms with Crippen LogP contribution >= 0.6 is 11.6 Å². The Morgan fingerprint density at radius 1 is 1.30 bits per heavy atom. The van der Waals surface area contributed by atoms with Crippen LogP contribution in [-0.2, 0) is 5.41 Å². The lowest BCUT2D eigenvalue weighted by molar-refractivity contribution is 0.590. The molecule has 0 atom stereocenters. The number of aliphatic imine (C=N–C) groups is 1. The van der Waals surface area contributed by atoms with Crippen LogP contribution in [-0.4, -0.2) is 16.1 Å². The van der Waals surface area contributed by atoms with Gasteiger partial charge in [0.1, 0.15) is 5.02 Å². The number of nitrogens with zero attached hydrogens (tertiary/aromatic N) is 3. The highest BCUT2D eigenvalue weighted by Gasteiger charge is 2.14. The summed E-state index contributed by atoms with van der Waals surface area (Å²) < 4.78 is 1.27. The highest BCUT2D eigenvalue weighted by atomic mass is 35.5. The van der Waals surface area contributed by atoms with Crippen molar-refractivity contribution in [2.24, 2.45) is 4.99 Å².